The van der Waals surface area contributed by atoms with Crippen molar-refractivity contribution in [1.82, 2.24) is 4.98 Å². The van der Waals surface area contributed by atoms with Crippen molar-refractivity contribution in [1.29, 1.82) is 0 Å². The molecule has 86 valence electrons. The van der Waals surface area contributed by atoms with Crippen molar-refractivity contribution in [2.75, 3.05) is 12.4 Å². The number of para-hydroxylation sites is 1. The molecule has 0 radical (unpaired) electrons. The third-order valence-electron chi connectivity index (χ3n) is 2.08. The molecule has 1 heterocycles. The van der Waals surface area contributed by atoms with Crippen LogP contribution in [0.5, 0.6) is 0 Å². The maximum Gasteiger partial charge on any atom is 0.104 e. The molecule has 0 fully saturated rings. The van der Waals surface area contributed by atoms with E-state index in [2.05, 4.69) is 11.1 Å². The number of thioether (sulfide) groups is 1. The van der Waals surface area contributed by atoms with Crippen LogP contribution in [0.4, 0.5) is 0 Å². The molecule has 0 spiro atoms. The van der Waals surface area contributed by atoms with Crippen molar-refractivity contribution in [3.8, 4) is 0 Å². The van der Waals surface area contributed by atoms with Crippen LogP contribution in [0.15, 0.2) is 24.3 Å². The lowest BCUT2D eigenvalue weighted by Gasteiger charge is -2.04. The summed E-state index contributed by atoms with van der Waals surface area (Å²) in [6, 6.07) is 8.05. The first-order chi connectivity index (χ1) is 7.79. The zero-order valence-electron chi connectivity index (χ0n) is 8.67. The Balaban J connectivity index is 1.94. The Kier molecular flexibility index (Phi) is 4.17. The highest BCUT2D eigenvalue weighted by Crippen LogP contribution is 2.24. The fraction of sp³-hybridized carbons (Fsp3) is 0.364. The van der Waals surface area contributed by atoms with Crippen LogP contribution in [0.2, 0.25) is 0 Å². The van der Waals surface area contributed by atoms with E-state index >= 15 is 0 Å². The van der Waals surface area contributed by atoms with Crippen LogP contribution in [0.1, 0.15) is 5.01 Å². The summed E-state index contributed by atoms with van der Waals surface area (Å²) in [5.41, 5.74) is 1.03. The number of hydrogen-bond donors (Lipinski definition) is 2. The minimum atomic E-state index is -0.626. The van der Waals surface area contributed by atoms with E-state index in [1.807, 2.05) is 18.2 Å². The molecular weight excluding hydrogens is 242 g/mol. The van der Waals surface area contributed by atoms with Crippen molar-refractivity contribution in [2.24, 2.45) is 0 Å². The standard InChI is InChI=1S/C11H13NO2S2/c13-5-8(14)6-15-7-11-12-9-3-1-2-4-10(9)16-11/h1-4,8,13-14H,5-7H2. The highest BCUT2D eigenvalue weighted by Gasteiger charge is 2.05. The van der Waals surface area contributed by atoms with E-state index in [0.717, 1.165) is 16.3 Å². The van der Waals surface area contributed by atoms with Gasteiger partial charge in [-0.1, -0.05) is 12.1 Å². The lowest BCUT2D eigenvalue weighted by Crippen LogP contribution is -2.14. The maximum absolute atomic E-state index is 9.19. The molecule has 3 nitrogen and oxygen atoms in total. The largest absolute Gasteiger partial charge is 0.394 e. The van der Waals surface area contributed by atoms with Crippen molar-refractivity contribution >= 4 is 33.3 Å². The molecule has 2 aromatic rings. The minimum absolute atomic E-state index is 0.174. The van der Waals surface area contributed by atoms with Crippen LogP contribution in [0.25, 0.3) is 10.2 Å². The van der Waals surface area contributed by atoms with Crippen LogP contribution in [0.3, 0.4) is 0 Å². The molecule has 2 N–H and O–H groups in total. The van der Waals surface area contributed by atoms with E-state index in [9.17, 15) is 5.11 Å². The first-order valence-corrected chi connectivity index (χ1v) is 6.98. The van der Waals surface area contributed by atoms with Gasteiger partial charge in [-0.15, -0.1) is 11.3 Å². The zero-order chi connectivity index (χ0) is 11.4. The quantitative estimate of drug-likeness (QED) is 0.856. The topological polar surface area (TPSA) is 53.4 Å². The van der Waals surface area contributed by atoms with Crippen molar-refractivity contribution in [3.63, 3.8) is 0 Å². The first-order valence-electron chi connectivity index (χ1n) is 5.00. The van der Waals surface area contributed by atoms with Crippen LogP contribution < -0.4 is 0 Å². The average Bonchev–Trinajstić information content (AvgIpc) is 2.71. The van der Waals surface area contributed by atoms with E-state index in [4.69, 9.17) is 5.11 Å². The summed E-state index contributed by atoms with van der Waals surface area (Å²) in [6.45, 7) is -0.174. The highest BCUT2D eigenvalue weighted by molar-refractivity contribution is 7.98. The molecule has 1 unspecified atom stereocenters. The van der Waals surface area contributed by atoms with Crippen molar-refractivity contribution in [2.45, 2.75) is 11.9 Å². The lowest BCUT2D eigenvalue weighted by molar-refractivity contribution is 0.113. The Labute approximate surface area is 102 Å². The summed E-state index contributed by atoms with van der Waals surface area (Å²) in [5.74, 6) is 1.34. The molecule has 1 atom stereocenters. The van der Waals surface area contributed by atoms with Crippen LogP contribution >= 0.6 is 23.1 Å². The third-order valence-corrected chi connectivity index (χ3v) is 4.40. The molecular formula is C11H13NO2S2. The van der Waals surface area contributed by atoms with Gasteiger partial charge in [0.05, 0.1) is 22.9 Å². The molecule has 5 heteroatoms. The van der Waals surface area contributed by atoms with E-state index in [0.29, 0.717) is 5.75 Å². The molecule has 16 heavy (non-hydrogen) atoms. The number of rotatable bonds is 5. The van der Waals surface area contributed by atoms with E-state index in [1.54, 1.807) is 23.1 Å². The second-order valence-corrected chi connectivity index (χ2v) is 5.57. The first kappa shape index (κ1) is 11.9. The smallest absolute Gasteiger partial charge is 0.104 e. The number of aliphatic hydroxyl groups is 2. The zero-order valence-corrected chi connectivity index (χ0v) is 10.3. The average molecular weight is 255 g/mol. The van der Waals surface area contributed by atoms with Crippen LogP contribution in [-0.2, 0) is 5.75 Å². The molecule has 0 aliphatic rings. The summed E-state index contributed by atoms with van der Waals surface area (Å²) in [7, 11) is 0. The lowest BCUT2D eigenvalue weighted by atomic mass is 10.3. The van der Waals surface area contributed by atoms with E-state index < -0.39 is 6.10 Å². The van der Waals surface area contributed by atoms with Gasteiger partial charge >= 0.3 is 0 Å². The second-order valence-electron chi connectivity index (χ2n) is 3.43. The fourth-order valence-corrected chi connectivity index (χ4v) is 3.30. The molecule has 0 amide bonds. The summed E-state index contributed by atoms with van der Waals surface area (Å²) >= 11 is 3.27. The Bertz CT molecular complexity index is 425. The van der Waals surface area contributed by atoms with Gasteiger partial charge in [0.2, 0.25) is 0 Å². The minimum Gasteiger partial charge on any atom is -0.394 e. The Morgan fingerprint density at radius 2 is 2.19 bits per heavy atom. The molecule has 0 saturated heterocycles. The highest BCUT2D eigenvalue weighted by atomic mass is 32.2. The predicted molar refractivity (Wildman–Crippen MR) is 68.9 cm³/mol. The summed E-state index contributed by atoms with van der Waals surface area (Å²) in [6.07, 6.45) is -0.626. The van der Waals surface area contributed by atoms with Gasteiger partial charge in [0.1, 0.15) is 5.01 Å². The molecule has 0 bridgehead atoms. The van der Waals surface area contributed by atoms with E-state index in [-0.39, 0.29) is 6.61 Å². The van der Waals surface area contributed by atoms with Crippen molar-refractivity contribution < 1.29 is 10.2 Å². The monoisotopic (exact) mass is 255 g/mol. The van der Waals surface area contributed by atoms with Crippen LogP contribution in [-0.4, -0.2) is 33.7 Å². The molecule has 2 rings (SSSR count). The maximum atomic E-state index is 9.19. The number of hydrogen-bond acceptors (Lipinski definition) is 5. The Morgan fingerprint density at radius 3 is 2.94 bits per heavy atom. The van der Waals surface area contributed by atoms with E-state index in [1.165, 1.54) is 4.70 Å². The molecule has 0 saturated carbocycles. The summed E-state index contributed by atoms with van der Waals surface area (Å²) in [5, 5.41) is 18.9. The number of benzene rings is 1. The summed E-state index contributed by atoms with van der Waals surface area (Å²) in [4.78, 5) is 4.49. The molecule has 0 aliphatic carbocycles. The number of nitrogens with zero attached hydrogens (tertiary/aromatic N) is 1. The third kappa shape index (κ3) is 2.95. The Morgan fingerprint density at radius 1 is 1.38 bits per heavy atom. The molecule has 1 aromatic heterocycles. The number of aliphatic hydroxyl groups excluding tert-OH is 2. The number of fused-ring (bicyclic) bond motifs is 1. The predicted octanol–water partition coefficient (Wildman–Crippen LogP) is 1.88. The normalized spacial score (nSPS) is 13.1. The van der Waals surface area contributed by atoms with Gasteiger partial charge in [0, 0.05) is 11.5 Å². The van der Waals surface area contributed by atoms with Gasteiger partial charge in [-0.05, 0) is 12.1 Å². The SMILES string of the molecule is OCC(O)CSCc1nc2ccccc2s1. The van der Waals surface area contributed by atoms with Gasteiger partial charge in [-0.3, -0.25) is 0 Å². The molecule has 0 aliphatic heterocycles. The van der Waals surface area contributed by atoms with Crippen molar-refractivity contribution in [3.05, 3.63) is 29.3 Å². The van der Waals surface area contributed by atoms with Gasteiger partial charge in [-0.25, -0.2) is 4.98 Å². The second kappa shape index (κ2) is 5.63. The van der Waals surface area contributed by atoms with Gasteiger partial charge in [0.25, 0.3) is 0 Å². The van der Waals surface area contributed by atoms with Gasteiger partial charge in [-0.2, -0.15) is 11.8 Å². The fourth-order valence-electron chi connectivity index (χ4n) is 1.32. The Hall–Kier alpha value is -0.620. The number of aromatic nitrogens is 1. The van der Waals surface area contributed by atoms with Gasteiger partial charge in [0.15, 0.2) is 0 Å². The summed E-state index contributed by atoms with van der Waals surface area (Å²) < 4.78 is 1.20. The van der Waals surface area contributed by atoms with Crippen LogP contribution in [0, 0.1) is 0 Å². The number of thiazole rings is 1. The molecule has 1 aromatic carbocycles. The van der Waals surface area contributed by atoms with Gasteiger partial charge < -0.3 is 10.2 Å².